The summed E-state index contributed by atoms with van der Waals surface area (Å²) < 4.78 is 18.2. The molecule has 5 nitrogen and oxygen atoms in total. The summed E-state index contributed by atoms with van der Waals surface area (Å²) in [4.78, 5) is 11.8. The zero-order valence-electron chi connectivity index (χ0n) is 13.1. The summed E-state index contributed by atoms with van der Waals surface area (Å²) >= 11 is 0. The first-order valence-corrected chi connectivity index (χ1v) is 7.81. The Bertz CT molecular complexity index is 719. The number of amides is 2. The Morgan fingerprint density at radius 2 is 2.00 bits per heavy atom. The maximum Gasteiger partial charge on any atom is 0.315 e. The Balaban J connectivity index is 1.46. The van der Waals surface area contributed by atoms with Gasteiger partial charge in [0, 0.05) is 19.5 Å². The second-order valence-electron chi connectivity index (χ2n) is 5.67. The number of ether oxygens (including phenoxy) is 1. The molecule has 2 aromatic carbocycles. The number of aliphatic hydroxyl groups is 1. The molecule has 2 amide bonds. The van der Waals surface area contributed by atoms with Crippen molar-refractivity contribution < 1.29 is 19.0 Å². The molecule has 24 heavy (non-hydrogen) atoms. The Morgan fingerprint density at radius 1 is 1.21 bits per heavy atom. The Morgan fingerprint density at radius 3 is 2.79 bits per heavy atom. The number of rotatable bonds is 5. The molecule has 0 bridgehead atoms. The van der Waals surface area contributed by atoms with Gasteiger partial charge in [-0.3, -0.25) is 0 Å². The van der Waals surface area contributed by atoms with Crippen LogP contribution in [0.15, 0.2) is 42.5 Å². The quantitative estimate of drug-likeness (QED) is 0.788. The molecule has 3 rings (SSSR count). The van der Waals surface area contributed by atoms with Crippen LogP contribution >= 0.6 is 0 Å². The average molecular weight is 330 g/mol. The molecule has 3 N–H and O–H groups in total. The first-order valence-electron chi connectivity index (χ1n) is 7.81. The summed E-state index contributed by atoms with van der Waals surface area (Å²) in [7, 11) is 0. The molecule has 0 saturated heterocycles. The molecule has 1 heterocycles. The highest BCUT2D eigenvalue weighted by Gasteiger charge is 2.16. The van der Waals surface area contributed by atoms with Gasteiger partial charge in [0.05, 0.1) is 12.7 Å². The predicted molar refractivity (Wildman–Crippen MR) is 87.2 cm³/mol. The van der Waals surface area contributed by atoms with Crippen molar-refractivity contribution in [3.05, 3.63) is 65.0 Å². The smallest absolute Gasteiger partial charge is 0.315 e. The van der Waals surface area contributed by atoms with Gasteiger partial charge in [0.25, 0.3) is 0 Å². The number of halogens is 1. The highest BCUT2D eigenvalue weighted by atomic mass is 19.1. The molecule has 0 fully saturated rings. The third kappa shape index (κ3) is 4.02. The third-order valence-corrected chi connectivity index (χ3v) is 3.92. The summed E-state index contributed by atoms with van der Waals surface area (Å²) in [5, 5.41) is 15.5. The highest BCUT2D eigenvalue weighted by Crippen LogP contribution is 2.27. The van der Waals surface area contributed by atoms with E-state index in [9.17, 15) is 14.3 Å². The summed E-state index contributed by atoms with van der Waals surface area (Å²) in [5.74, 6) is 0.544. The van der Waals surface area contributed by atoms with E-state index in [-0.39, 0.29) is 18.4 Å². The molecular weight excluding hydrogens is 311 g/mol. The van der Waals surface area contributed by atoms with E-state index < -0.39 is 6.10 Å². The normalized spacial score (nSPS) is 13.8. The van der Waals surface area contributed by atoms with Gasteiger partial charge in [-0.25, -0.2) is 9.18 Å². The van der Waals surface area contributed by atoms with E-state index in [1.165, 1.54) is 12.1 Å². The van der Waals surface area contributed by atoms with Gasteiger partial charge in [0.15, 0.2) is 0 Å². The number of hydrogen-bond acceptors (Lipinski definition) is 3. The fourth-order valence-corrected chi connectivity index (χ4v) is 2.57. The lowest BCUT2D eigenvalue weighted by Gasteiger charge is -2.14. The first kappa shape index (κ1) is 16.3. The molecule has 0 unspecified atom stereocenters. The van der Waals surface area contributed by atoms with Crippen LogP contribution in [0.4, 0.5) is 9.18 Å². The zero-order valence-corrected chi connectivity index (χ0v) is 13.1. The van der Waals surface area contributed by atoms with Crippen molar-refractivity contribution in [1.82, 2.24) is 10.6 Å². The number of urea groups is 1. The maximum atomic E-state index is 12.8. The minimum Gasteiger partial charge on any atom is -0.493 e. The van der Waals surface area contributed by atoms with Crippen molar-refractivity contribution in [3.63, 3.8) is 0 Å². The van der Waals surface area contributed by atoms with Gasteiger partial charge in [-0.1, -0.05) is 18.2 Å². The minimum atomic E-state index is -0.785. The van der Waals surface area contributed by atoms with E-state index in [2.05, 4.69) is 10.6 Å². The molecule has 0 radical (unpaired) electrons. The Labute approximate surface area is 139 Å². The largest absolute Gasteiger partial charge is 0.493 e. The van der Waals surface area contributed by atoms with E-state index in [1.54, 1.807) is 18.2 Å². The topological polar surface area (TPSA) is 70.6 Å². The molecule has 126 valence electrons. The van der Waals surface area contributed by atoms with Crippen LogP contribution in [-0.2, 0) is 13.0 Å². The second kappa shape index (κ2) is 7.31. The molecule has 6 heteroatoms. The zero-order chi connectivity index (χ0) is 16.9. The van der Waals surface area contributed by atoms with Gasteiger partial charge in [-0.15, -0.1) is 0 Å². The van der Waals surface area contributed by atoms with Crippen LogP contribution in [0.2, 0.25) is 0 Å². The Kier molecular flexibility index (Phi) is 4.96. The number of aliphatic hydroxyl groups excluding tert-OH is 1. The number of benzene rings is 2. The molecule has 0 saturated carbocycles. The molecule has 1 atom stereocenters. The minimum absolute atomic E-state index is 0.106. The molecule has 2 aromatic rings. The highest BCUT2D eigenvalue weighted by molar-refractivity contribution is 5.73. The Hall–Kier alpha value is -2.60. The van der Waals surface area contributed by atoms with Crippen LogP contribution in [0.25, 0.3) is 0 Å². The number of hydrogen-bond donors (Lipinski definition) is 3. The molecular formula is C18H19FN2O3. The monoisotopic (exact) mass is 330 g/mol. The van der Waals surface area contributed by atoms with Gasteiger partial charge in [-0.2, -0.15) is 0 Å². The van der Waals surface area contributed by atoms with E-state index in [0.29, 0.717) is 13.2 Å². The van der Waals surface area contributed by atoms with E-state index >= 15 is 0 Å². The van der Waals surface area contributed by atoms with E-state index in [1.807, 2.05) is 12.1 Å². The summed E-state index contributed by atoms with van der Waals surface area (Å²) in [6, 6.07) is 11.1. The van der Waals surface area contributed by atoms with Gasteiger partial charge in [0.2, 0.25) is 0 Å². The summed E-state index contributed by atoms with van der Waals surface area (Å²) in [5.41, 5.74) is 2.62. The lowest BCUT2D eigenvalue weighted by atomic mass is 10.0. The first-order chi connectivity index (χ1) is 11.6. The van der Waals surface area contributed by atoms with Gasteiger partial charge in [-0.05, 0) is 41.0 Å². The number of fused-ring (bicyclic) bond motifs is 1. The second-order valence-corrected chi connectivity index (χ2v) is 5.67. The molecule has 1 aliphatic heterocycles. The van der Waals surface area contributed by atoms with Gasteiger partial charge in [0.1, 0.15) is 11.6 Å². The van der Waals surface area contributed by atoms with Gasteiger partial charge >= 0.3 is 6.03 Å². The van der Waals surface area contributed by atoms with Crippen molar-refractivity contribution >= 4 is 6.03 Å². The third-order valence-electron chi connectivity index (χ3n) is 3.92. The fraction of sp³-hybridized carbons (Fsp3) is 0.278. The van der Waals surface area contributed by atoms with E-state index in [0.717, 1.165) is 28.9 Å². The van der Waals surface area contributed by atoms with Crippen LogP contribution in [0.5, 0.6) is 5.75 Å². The van der Waals surface area contributed by atoms with Crippen molar-refractivity contribution in [2.45, 2.75) is 19.1 Å². The van der Waals surface area contributed by atoms with Crippen LogP contribution in [0.3, 0.4) is 0 Å². The summed E-state index contributed by atoms with van der Waals surface area (Å²) in [6.45, 7) is 1.06. The standard InChI is InChI=1S/C18H19FN2O3/c19-15-4-1-12(2-5-15)10-20-18(23)21-11-16(22)13-3-6-17-14(9-13)7-8-24-17/h1-6,9,16,22H,7-8,10-11H2,(H2,20,21,23)/t16-/m0/s1. The lowest BCUT2D eigenvalue weighted by Crippen LogP contribution is -2.37. The number of nitrogens with one attached hydrogen (secondary N) is 2. The van der Waals surface area contributed by atoms with Gasteiger partial charge < -0.3 is 20.5 Å². The van der Waals surface area contributed by atoms with Crippen molar-refractivity contribution in [2.24, 2.45) is 0 Å². The molecule has 0 aromatic heterocycles. The van der Waals surface area contributed by atoms with Crippen LogP contribution < -0.4 is 15.4 Å². The van der Waals surface area contributed by atoms with Crippen molar-refractivity contribution in [1.29, 1.82) is 0 Å². The van der Waals surface area contributed by atoms with Crippen LogP contribution in [-0.4, -0.2) is 24.3 Å². The number of carbonyl (C=O) groups excluding carboxylic acids is 1. The molecule has 0 spiro atoms. The van der Waals surface area contributed by atoms with Crippen LogP contribution in [0.1, 0.15) is 22.8 Å². The van der Waals surface area contributed by atoms with Crippen molar-refractivity contribution in [2.75, 3.05) is 13.2 Å². The molecule has 1 aliphatic rings. The predicted octanol–water partition coefficient (Wildman–Crippen LogP) is 2.29. The van der Waals surface area contributed by atoms with E-state index in [4.69, 9.17) is 4.74 Å². The van der Waals surface area contributed by atoms with Crippen molar-refractivity contribution in [3.8, 4) is 5.75 Å². The molecule has 0 aliphatic carbocycles. The fourth-order valence-electron chi connectivity index (χ4n) is 2.57. The SMILES string of the molecule is O=C(NCc1ccc(F)cc1)NC[C@H](O)c1ccc2c(c1)CCO2. The average Bonchev–Trinajstić information content (AvgIpc) is 3.06. The maximum absolute atomic E-state index is 12.8. The summed E-state index contributed by atoms with van der Waals surface area (Å²) in [6.07, 6.45) is 0.0501. The van der Waals surface area contributed by atoms with Crippen LogP contribution in [0, 0.1) is 5.82 Å². The lowest BCUT2D eigenvalue weighted by molar-refractivity contribution is 0.173. The number of carbonyl (C=O) groups is 1.